The van der Waals surface area contributed by atoms with Crippen LogP contribution in [0.15, 0.2) is 47.4 Å². The Hall–Kier alpha value is -2.44. The molecule has 1 heterocycles. The maximum Gasteiger partial charge on any atom is 0.247 e. The van der Waals surface area contributed by atoms with E-state index in [-0.39, 0.29) is 41.6 Å². The average molecular weight is 501 g/mol. The molecule has 188 valence electrons. The fraction of sp³-hybridized carbons (Fsp3) is 0.481. The Morgan fingerprint density at radius 2 is 2.03 bits per heavy atom. The minimum atomic E-state index is -3.88. The molecule has 0 radical (unpaired) electrons. The smallest absolute Gasteiger partial charge is 0.247 e. The van der Waals surface area contributed by atoms with Gasteiger partial charge in [-0.1, -0.05) is 30.9 Å². The van der Waals surface area contributed by atoms with Gasteiger partial charge < -0.3 is 9.84 Å². The molecule has 1 saturated carbocycles. The van der Waals surface area contributed by atoms with Gasteiger partial charge in [-0.3, -0.25) is 4.90 Å². The molecule has 0 unspecified atom stereocenters. The van der Waals surface area contributed by atoms with Crippen molar-refractivity contribution in [2.75, 3.05) is 26.7 Å². The molecule has 0 amide bonds. The lowest BCUT2D eigenvalue weighted by Crippen LogP contribution is -2.49. The molecule has 4 rings (SSSR count). The molecule has 3 atom stereocenters. The summed E-state index contributed by atoms with van der Waals surface area (Å²) in [5.74, 6) is 6.61. The van der Waals surface area contributed by atoms with Crippen LogP contribution in [-0.2, 0) is 16.6 Å². The molecule has 35 heavy (non-hydrogen) atoms. The summed E-state index contributed by atoms with van der Waals surface area (Å²) in [6.07, 6.45) is 1.88. The first-order valence-electron chi connectivity index (χ1n) is 12.1. The van der Waals surface area contributed by atoms with Crippen LogP contribution in [0.25, 0.3) is 0 Å². The minimum absolute atomic E-state index is 0.0828. The highest BCUT2D eigenvalue weighted by Gasteiger charge is 2.38. The molecule has 0 aromatic heterocycles. The van der Waals surface area contributed by atoms with Gasteiger partial charge in [0.05, 0.1) is 6.61 Å². The number of aliphatic hydroxyl groups is 1. The van der Waals surface area contributed by atoms with E-state index in [2.05, 4.69) is 11.8 Å². The van der Waals surface area contributed by atoms with Crippen LogP contribution >= 0.6 is 0 Å². The predicted octanol–water partition coefficient (Wildman–Crippen LogP) is 3.49. The molecule has 1 aliphatic heterocycles. The molecule has 2 aromatic carbocycles. The summed E-state index contributed by atoms with van der Waals surface area (Å²) >= 11 is 0. The normalized spacial score (nSPS) is 22.8. The largest absolute Gasteiger partial charge is 0.487 e. The number of hydrogen-bond acceptors (Lipinski definition) is 5. The first-order chi connectivity index (χ1) is 16.7. The van der Waals surface area contributed by atoms with Crippen molar-refractivity contribution in [3.05, 3.63) is 59.4 Å². The van der Waals surface area contributed by atoms with E-state index in [4.69, 9.17) is 4.74 Å². The molecule has 2 aliphatic rings. The van der Waals surface area contributed by atoms with Crippen LogP contribution in [0.5, 0.6) is 5.75 Å². The number of nitrogens with zero attached hydrogens (tertiary/aromatic N) is 2. The summed E-state index contributed by atoms with van der Waals surface area (Å²) in [7, 11) is -1.95. The monoisotopic (exact) mass is 500 g/mol. The van der Waals surface area contributed by atoms with Gasteiger partial charge in [-0.05, 0) is 62.7 Å². The first-order valence-corrected chi connectivity index (χ1v) is 13.5. The van der Waals surface area contributed by atoms with Crippen LogP contribution < -0.4 is 4.74 Å². The van der Waals surface area contributed by atoms with Gasteiger partial charge in [0.15, 0.2) is 0 Å². The molecule has 1 N–H and O–H groups in total. The van der Waals surface area contributed by atoms with E-state index in [9.17, 15) is 17.9 Å². The highest BCUT2D eigenvalue weighted by Crippen LogP contribution is 2.34. The lowest BCUT2D eigenvalue weighted by atomic mass is 10.0. The van der Waals surface area contributed by atoms with Crippen LogP contribution in [0.4, 0.5) is 4.39 Å². The molecule has 6 nitrogen and oxygen atoms in total. The fourth-order valence-electron chi connectivity index (χ4n) is 4.25. The zero-order valence-electron chi connectivity index (χ0n) is 20.4. The van der Waals surface area contributed by atoms with E-state index in [1.807, 2.05) is 24.9 Å². The number of ether oxygens (including phenoxy) is 1. The zero-order valence-corrected chi connectivity index (χ0v) is 21.3. The predicted molar refractivity (Wildman–Crippen MR) is 133 cm³/mol. The lowest BCUT2D eigenvalue weighted by molar-refractivity contribution is 0.0733. The third-order valence-electron chi connectivity index (χ3n) is 6.50. The number of fused-ring (bicyclic) bond motifs is 1. The van der Waals surface area contributed by atoms with Crippen molar-refractivity contribution in [1.29, 1.82) is 0 Å². The Morgan fingerprint density at radius 3 is 2.71 bits per heavy atom. The van der Waals surface area contributed by atoms with Gasteiger partial charge in [0.25, 0.3) is 0 Å². The van der Waals surface area contributed by atoms with Crippen LogP contribution in [0.1, 0.15) is 37.8 Å². The highest BCUT2D eigenvalue weighted by atomic mass is 32.2. The van der Waals surface area contributed by atoms with Crippen molar-refractivity contribution in [1.82, 2.24) is 9.21 Å². The topological polar surface area (TPSA) is 70.1 Å². The number of likely N-dealkylation sites (N-methyl/N-ethyl adjacent to an activating group) is 1. The van der Waals surface area contributed by atoms with Crippen molar-refractivity contribution in [2.45, 2.75) is 50.3 Å². The SMILES string of the molecule is C[C@H](CO)N1C[C@H](C)[C@@H](CN(C)Cc2cccc(F)c2)Oc2cc(C#CC3CC3)ccc2S1(=O)=O. The summed E-state index contributed by atoms with van der Waals surface area (Å²) in [6, 6.07) is 10.9. The second kappa shape index (κ2) is 10.7. The van der Waals surface area contributed by atoms with Gasteiger partial charge in [-0.15, -0.1) is 0 Å². The Kier molecular flexibility index (Phi) is 7.82. The molecule has 2 aromatic rings. The number of halogens is 1. The number of aliphatic hydroxyl groups excluding tert-OH is 1. The quantitative estimate of drug-likeness (QED) is 0.615. The maximum atomic E-state index is 13.6. The van der Waals surface area contributed by atoms with Crippen LogP contribution in [0.3, 0.4) is 0 Å². The molecule has 0 spiro atoms. The van der Waals surface area contributed by atoms with Gasteiger partial charge >= 0.3 is 0 Å². The fourth-order valence-corrected chi connectivity index (χ4v) is 6.08. The summed E-state index contributed by atoms with van der Waals surface area (Å²) in [4.78, 5) is 2.13. The van der Waals surface area contributed by atoms with Gasteiger partial charge in [0.2, 0.25) is 10.0 Å². The number of rotatable bonds is 6. The van der Waals surface area contributed by atoms with Crippen LogP contribution in [0.2, 0.25) is 0 Å². The lowest BCUT2D eigenvalue weighted by Gasteiger charge is -2.37. The summed E-state index contributed by atoms with van der Waals surface area (Å²) in [6.45, 7) is 4.63. The van der Waals surface area contributed by atoms with Crippen molar-refractivity contribution < 1.29 is 22.7 Å². The van der Waals surface area contributed by atoms with Crippen molar-refractivity contribution in [3.63, 3.8) is 0 Å². The Labute approximate surface area is 207 Å². The van der Waals surface area contributed by atoms with Crippen LogP contribution in [0, 0.1) is 29.5 Å². The highest BCUT2D eigenvalue weighted by molar-refractivity contribution is 7.89. The molecule has 1 aliphatic carbocycles. The maximum absolute atomic E-state index is 13.6. The second-order valence-corrected chi connectivity index (χ2v) is 11.6. The van der Waals surface area contributed by atoms with E-state index in [0.29, 0.717) is 24.6 Å². The summed E-state index contributed by atoms with van der Waals surface area (Å²) < 4.78 is 48.5. The Bertz CT molecular complexity index is 1220. The van der Waals surface area contributed by atoms with Gasteiger partial charge in [-0.2, -0.15) is 4.31 Å². The third kappa shape index (κ3) is 6.22. The standard InChI is InChI=1S/C27H33FN2O4S/c1-19-15-30(20(2)18-31)35(32,33)27-12-11-22(10-9-21-7-8-21)14-25(27)34-26(19)17-29(3)16-23-5-4-6-24(28)13-23/h4-6,11-14,19-21,26,31H,7-8,15-18H2,1-3H3/t19-,20+,26+/m0/s1. The van der Waals surface area contributed by atoms with E-state index < -0.39 is 16.1 Å². The average Bonchev–Trinajstić information content (AvgIpc) is 3.64. The molecule has 0 bridgehead atoms. The van der Waals surface area contributed by atoms with E-state index >= 15 is 0 Å². The summed E-state index contributed by atoms with van der Waals surface area (Å²) in [5.41, 5.74) is 1.56. The van der Waals surface area contributed by atoms with E-state index in [1.165, 1.54) is 16.4 Å². The van der Waals surface area contributed by atoms with Crippen molar-refractivity contribution in [3.8, 4) is 17.6 Å². The van der Waals surface area contributed by atoms with Crippen LogP contribution in [-0.4, -0.2) is 61.6 Å². The number of sulfonamides is 1. The molecule has 0 saturated heterocycles. The second-order valence-electron chi connectivity index (χ2n) is 9.77. The van der Waals surface area contributed by atoms with Crippen molar-refractivity contribution in [2.24, 2.45) is 11.8 Å². The van der Waals surface area contributed by atoms with Gasteiger partial charge in [-0.25, -0.2) is 12.8 Å². The third-order valence-corrected chi connectivity index (χ3v) is 8.52. The molecule has 8 heteroatoms. The Morgan fingerprint density at radius 1 is 1.26 bits per heavy atom. The number of hydrogen-bond donors (Lipinski definition) is 1. The number of benzene rings is 2. The zero-order chi connectivity index (χ0) is 25.2. The summed E-state index contributed by atoms with van der Waals surface area (Å²) in [5, 5.41) is 9.79. The molecular weight excluding hydrogens is 467 g/mol. The minimum Gasteiger partial charge on any atom is -0.487 e. The van der Waals surface area contributed by atoms with Crippen molar-refractivity contribution >= 4 is 10.0 Å². The van der Waals surface area contributed by atoms with E-state index in [1.54, 1.807) is 31.2 Å². The van der Waals surface area contributed by atoms with Gasteiger partial charge in [0.1, 0.15) is 22.6 Å². The van der Waals surface area contributed by atoms with Gasteiger partial charge in [0, 0.05) is 43.1 Å². The van der Waals surface area contributed by atoms with E-state index in [0.717, 1.165) is 18.4 Å². The molecule has 1 fully saturated rings. The molecular formula is C27H33FN2O4S. The first kappa shape index (κ1) is 25.6. The Balaban J connectivity index is 1.66.